The maximum Gasteiger partial charge on any atom is 0.155 e. The summed E-state index contributed by atoms with van der Waals surface area (Å²) in [6.45, 7) is 0. The summed E-state index contributed by atoms with van der Waals surface area (Å²) in [7, 11) is 1.57. The Morgan fingerprint density at radius 3 is 2.82 bits per heavy atom. The second-order valence-corrected chi connectivity index (χ2v) is 5.10. The molecule has 0 unspecified atom stereocenters. The van der Waals surface area contributed by atoms with E-state index < -0.39 is 0 Å². The fraction of sp³-hybridized carbons (Fsp3) is 0.235. The molecule has 0 amide bonds. The van der Waals surface area contributed by atoms with E-state index in [-0.39, 0.29) is 0 Å². The number of hydrogen-bond acceptors (Lipinski definition) is 4. The zero-order valence-electron chi connectivity index (χ0n) is 12.3. The van der Waals surface area contributed by atoms with E-state index in [1.807, 2.05) is 36.4 Å². The molecule has 1 aromatic carbocycles. The van der Waals surface area contributed by atoms with Crippen molar-refractivity contribution in [2.75, 3.05) is 7.11 Å². The molecule has 110 valence electrons. The molecule has 0 aliphatic heterocycles. The first-order chi connectivity index (χ1) is 10.8. The summed E-state index contributed by atoms with van der Waals surface area (Å²) >= 11 is 0. The van der Waals surface area contributed by atoms with Crippen molar-refractivity contribution in [3.05, 3.63) is 60.0 Å². The molecule has 1 fully saturated rings. The Labute approximate surface area is 129 Å². The average molecular weight is 292 g/mol. The van der Waals surface area contributed by atoms with Crippen LogP contribution in [0.25, 0.3) is 11.3 Å². The molecule has 0 N–H and O–H groups in total. The Morgan fingerprint density at radius 1 is 1.23 bits per heavy atom. The molecule has 5 nitrogen and oxygen atoms in total. The monoisotopic (exact) mass is 292 g/mol. The van der Waals surface area contributed by atoms with Crippen LogP contribution >= 0.6 is 0 Å². The van der Waals surface area contributed by atoms with Crippen LogP contribution in [-0.4, -0.2) is 22.0 Å². The molecule has 2 aromatic rings. The van der Waals surface area contributed by atoms with Gasteiger partial charge in [0.15, 0.2) is 5.82 Å². The quantitative estimate of drug-likeness (QED) is 0.872. The van der Waals surface area contributed by atoms with Crippen molar-refractivity contribution in [1.82, 2.24) is 14.9 Å². The molecule has 5 heteroatoms. The first-order valence-electron chi connectivity index (χ1n) is 7.16. The van der Waals surface area contributed by atoms with Gasteiger partial charge in [0.1, 0.15) is 12.8 Å². The van der Waals surface area contributed by atoms with Gasteiger partial charge in [-0.25, -0.2) is 4.98 Å². The fourth-order valence-corrected chi connectivity index (χ4v) is 2.17. The van der Waals surface area contributed by atoms with Crippen molar-refractivity contribution in [3.63, 3.8) is 0 Å². The van der Waals surface area contributed by atoms with E-state index in [2.05, 4.69) is 16.2 Å². The summed E-state index contributed by atoms with van der Waals surface area (Å²) in [5.74, 6) is 1.18. The summed E-state index contributed by atoms with van der Waals surface area (Å²) in [6.07, 6.45) is 3.97. The highest BCUT2D eigenvalue weighted by molar-refractivity contribution is 5.60. The van der Waals surface area contributed by atoms with Gasteiger partial charge in [-0.15, -0.1) is 5.10 Å². The van der Waals surface area contributed by atoms with E-state index >= 15 is 0 Å². The summed E-state index contributed by atoms with van der Waals surface area (Å²) in [6, 6.07) is 15.2. The Bertz CT molecular complexity index is 770. The highest BCUT2D eigenvalue weighted by Crippen LogP contribution is 2.37. The lowest BCUT2D eigenvalue weighted by molar-refractivity contribution is 0.132. The molecular formula is C17H16N4O. The molecule has 0 radical (unpaired) electrons. The second kappa shape index (κ2) is 6.27. The zero-order valence-corrected chi connectivity index (χ0v) is 12.3. The minimum absolute atomic E-state index is 0.409. The maximum absolute atomic E-state index is 9.08. The predicted molar refractivity (Wildman–Crippen MR) is 82.3 cm³/mol. The van der Waals surface area contributed by atoms with Crippen molar-refractivity contribution < 1.29 is 4.84 Å². The minimum atomic E-state index is 0.409. The largest absolute Gasteiger partial charge is 0.399 e. The van der Waals surface area contributed by atoms with Crippen LogP contribution < -0.4 is 4.84 Å². The molecule has 0 atom stereocenters. The molecule has 0 bridgehead atoms. The SMILES string of the molecule is COn1nc(C2CC2)nccccc1-c1cccc(C#N)c1. The van der Waals surface area contributed by atoms with Crippen molar-refractivity contribution in [2.24, 2.45) is 0 Å². The van der Waals surface area contributed by atoms with E-state index in [0.717, 1.165) is 29.9 Å². The second-order valence-electron chi connectivity index (χ2n) is 5.10. The van der Waals surface area contributed by atoms with Crippen molar-refractivity contribution >= 4 is 0 Å². The molecule has 22 heavy (non-hydrogen) atoms. The van der Waals surface area contributed by atoms with E-state index in [1.165, 1.54) is 4.85 Å². The molecule has 1 aromatic heterocycles. The summed E-state index contributed by atoms with van der Waals surface area (Å²) in [4.78, 5) is 11.3. The van der Waals surface area contributed by atoms with Crippen LogP contribution in [0.4, 0.5) is 0 Å². The van der Waals surface area contributed by atoms with Crippen molar-refractivity contribution in [2.45, 2.75) is 18.8 Å². The minimum Gasteiger partial charge on any atom is -0.399 e. The van der Waals surface area contributed by atoms with Crippen molar-refractivity contribution in [1.29, 1.82) is 5.26 Å². The van der Waals surface area contributed by atoms with Gasteiger partial charge in [-0.05, 0) is 37.1 Å². The van der Waals surface area contributed by atoms with Gasteiger partial charge in [0.2, 0.25) is 0 Å². The van der Waals surface area contributed by atoms with Crippen LogP contribution in [0.5, 0.6) is 0 Å². The van der Waals surface area contributed by atoms with Gasteiger partial charge in [0.05, 0.1) is 11.6 Å². The smallest absolute Gasteiger partial charge is 0.155 e. The zero-order chi connectivity index (χ0) is 15.4. The Balaban J connectivity index is 2.21. The third-order valence-corrected chi connectivity index (χ3v) is 3.46. The third-order valence-electron chi connectivity index (χ3n) is 3.46. The molecule has 0 spiro atoms. The lowest BCUT2D eigenvalue weighted by atomic mass is 10.1. The summed E-state index contributed by atoms with van der Waals surface area (Å²) in [5, 5.41) is 13.6. The van der Waals surface area contributed by atoms with Gasteiger partial charge in [-0.2, -0.15) is 5.26 Å². The van der Waals surface area contributed by atoms with Crippen LogP contribution in [0, 0.1) is 11.3 Å². The van der Waals surface area contributed by atoms with Crippen LogP contribution in [0.3, 0.4) is 0 Å². The van der Waals surface area contributed by atoms with E-state index in [0.29, 0.717) is 11.5 Å². The number of nitrogens with zero attached hydrogens (tertiary/aromatic N) is 4. The average Bonchev–Trinajstić information content (AvgIpc) is 3.38. The highest BCUT2D eigenvalue weighted by Gasteiger charge is 2.26. The van der Waals surface area contributed by atoms with E-state index in [1.54, 1.807) is 19.4 Å². The molecule has 3 rings (SSSR count). The number of nitriles is 1. The fourth-order valence-electron chi connectivity index (χ4n) is 2.17. The molecule has 1 heterocycles. The van der Waals surface area contributed by atoms with Gasteiger partial charge >= 0.3 is 0 Å². The molecule has 0 saturated heterocycles. The Hall–Kier alpha value is -2.87. The Kier molecular flexibility index (Phi) is 4.01. The van der Waals surface area contributed by atoms with Gasteiger partial charge in [0, 0.05) is 17.7 Å². The Morgan fingerprint density at radius 2 is 2.09 bits per heavy atom. The lowest BCUT2D eigenvalue weighted by Gasteiger charge is -2.09. The summed E-state index contributed by atoms with van der Waals surface area (Å²) < 4.78 is 0. The van der Waals surface area contributed by atoms with E-state index in [9.17, 15) is 0 Å². The van der Waals surface area contributed by atoms with Gasteiger partial charge in [-0.1, -0.05) is 23.0 Å². The molecule has 1 aliphatic carbocycles. The highest BCUT2D eigenvalue weighted by atomic mass is 16.7. The maximum atomic E-state index is 9.08. The lowest BCUT2D eigenvalue weighted by Crippen LogP contribution is -2.13. The van der Waals surface area contributed by atoms with E-state index in [4.69, 9.17) is 10.1 Å². The van der Waals surface area contributed by atoms with Crippen LogP contribution in [0.1, 0.15) is 30.1 Å². The van der Waals surface area contributed by atoms with Crippen molar-refractivity contribution in [3.8, 4) is 17.3 Å². The van der Waals surface area contributed by atoms with Gasteiger partial charge < -0.3 is 4.84 Å². The topological polar surface area (TPSA) is 63.7 Å². The molecule has 1 aliphatic rings. The number of aromatic nitrogens is 3. The predicted octanol–water partition coefficient (Wildman–Crippen LogP) is 2.88. The number of rotatable bonds is 3. The first kappa shape index (κ1) is 14.1. The molecule has 1 saturated carbocycles. The van der Waals surface area contributed by atoms with Crippen LogP contribution in [0.2, 0.25) is 0 Å². The summed E-state index contributed by atoms with van der Waals surface area (Å²) in [5.41, 5.74) is 2.23. The molecular weight excluding hydrogens is 276 g/mol. The van der Waals surface area contributed by atoms with Crippen LogP contribution in [0.15, 0.2) is 48.7 Å². The van der Waals surface area contributed by atoms with Gasteiger partial charge in [-0.3, -0.25) is 0 Å². The number of benzene rings is 1. The first-order valence-corrected chi connectivity index (χ1v) is 7.16. The normalized spacial score (nSPS) is 13.1. The third kappa shape index (κ3) is 3.07. The number of hydrogen-bond donors (Lipinski definition) is 0. The van der Waals surface area contributed by atoms with Crippen LogP contribution in [-0.2, 0) is 0 Å². The van der Waals surface area contributed by atoms with Gasteiger partial charge in [0.25, 0.3) is 0 Å². The standard InChI is InChI=1S/C17H16N4O/c1-22-21-16(15-6-4-5-13(11-15)12-18)7-2-3-10-19-17(20-21)14-8-9-14/h2-7,10-11,14H,8-9H2,1H3.